The van der Waals surface area contributed by atoms with Crippen molar-refractivity contribution >= 4 is 11.4 Å². The number of benzene rings is 1. The highest BCUT2D eigenvalue weighted by Crippen LogP contribution is 2.24. The van der Waals surface area contributed by atoms with E-state index in [4.69, 9.17) is 5.73 Å². The van der Waals surface area contributed by atoms with Crippen LogP contribution in [0.5, 0.6) is 0 Å². The van der Waals surface area contributed by atoms with Crippen LogP contribution in [0.2, 0.25) is 0 Å². The smallest absolute Gasteiger partial charge is 0.125 e. The van der Waals surface area contributed by atoms with Gasteiger partial charge in [0.15, 0.2) is 0 Å². The van der Waals surface area contributed by atoms with Crippen LogP contribution in [0.15, 0.2) is 18.2 Å². The van der Waals surface area contributed by atoms with Gasteiger partial charge in [-0.05, 0) is 31.0 Å². The van der Waals surface area contributed by atoms with Gasteiger partial charge in [0.1, 0.15) is 5.82 Å². The normalized spacial score (nSPS) is 18.4. The fraction of sp³-hybridized carbons (Fsp3) is 0.571. The van der Waals surface area contributed by atoms with E-state index in [9.17, 15) is 4.39 Å². The fourth-order valence-corrected chi connectivity index (χ4v) is 2.49. The minimum absolute atomic E-state index is 0.272. The molecule has 1 fully saturated rings. The maximum absolute atomic E-state index is 12.9. The predicted octanol–water partition coefficient (Wildman–Crippen LogP) is 3.93. The Hall–Kier alpha value is -1.25. The summed E-state index contributed by atoms with van der Waals surface area (Å²) in [7, 11) is 0. The molecule has 3 N–H and O–H groups in total. The summed E-state index contributed by atoms with van der Waals surface area (Å²) in [5.41, 5.74) is 7.18. The SMILES string of the molecule is Nc1cc(F)ccc1NC1CCCCCCC1. The van der Waals surface area contributed by atoms with Gasteiger partial charge in [-0.3, -0.25) is 0 Å². The van der Waals surface area contributed by atoms with Crippen molar-refractivity contribution in [2.45, 2.75) is 51.0 Å². The van der Waals surface area contributed by atoms with Gasteiger partial charge in [0.25, 0.3) is 0 Å². The summed E-state index contributed by atoms with van der Waals surface area (Å²) < 4.78 is 12.9. The molecule has 1 aromatic rings. The Balaban J connectivity index is 1.98. The fourth-order valence-electron chi connectivity index (χ4n) is 2.49. The van der Waals surface area contributed by atoms with Crippen LogP contribution in [0.4, 0.5) is 15.8 Å². The minimum Gasteiger partial charge on any atom is -0.397 e. The summed E-state index contributed by atoms with van der Waals surface area (Å²) in [6.07, 6.45) is 8.96. The Kier molecular flexibility index (Phi) is 4.24. The van der Waals surface area contributed by atoms with Gasteiger partial charge in [-0.25, -0.2) is 4.39 Å². The van der Waals surface area contributed by atoms with Crippen LogP contribution in [0, 0.1) is 5.82 Å². The first-order valence-corrected chi connectivity index (χ1v) is 6.57. The zero-order valence-electron chi connectivity index (χ0n) is 10.2. The lowest BCUT2D eigenvalue weighted by atomic mass is 9.96. The lowest BCUT2D eigenvalue weighted by molar-refractivity contribution is 0.471. The molecular weight excluding hydrogens is 215 g/mol. The number of hydrogen-bond acceptors (Lipinski definition) is 2. The Morgan fingerprint density at radius 3 is 2.35 bits per heavy atom. The first-order valence-electron chi connectivity index (χ1n) is 6.57. The van der Waals surface area contributed by atoms with Crippen LogP contribution in [-0.4, -0.2) is 6.04 Å². The predicted molar refractivity (Wildman–Crippen MR) is 70.5 cm³/mol. The molecule has 0 aromatic heterocycles. The molecule has 94 valence electrons. The Bertz CT molecular complexity index is 357. The molecule has 2 nitrogen and oxygen atoms in total. The third kappa shape index (κ3) is 3.62. The van der Waals surface area contributed by atoms with E-state index in [-0.39, 0.29) is 5.82 Å². The molecule has 1 aromatic carbocycles. The number of nitrogens with two attached hydrogens (primary N) is 1. The second-order valence-corrected chi connectivity index (χ2v) is 4.92. The number of hydrogen-bond donors (Lipinski definition) is 2. The van der Waals surface area contributed by atoms with E-state index in [0.717, 1.165) is 5.69 Å². The zero-order valence-corrected chi connectivity index (χ0v) is 10.2. The van der Waals surface area contributed by atoms with Crippen LogP contribution in [0.3, 0.4) is 0 Å². The molecule has 0 bridgehead atoms. The Morgan fingerprint density at radius 2 is 1.71 bits per heavy atom. The maximum atomic E-state index is 12.9. The van der Waals surface area contributed by atoms with Crippen molar-refractivity contribution in [3.8, 4) is 0 Å². The molecule has 0 unspecified atom stereocenters. The molecule has 0 saturated heterocycles. The van der Waals surface area contributed by atoms with Gasteiger partial charge in [0, 0.05) is 6.04 Å². The van der Waals surface area contributed by atoms with Crippen LogP contribution < -0.4 is 11.1 Å². The summed E-state index contributed by atoms with van der Waals surface area (Å²) in [5, 5.41) is 3.45. The number of anilines is 2. The highest BCUT2D eigenvalue weighted by molar-refractivity contribution is 5.66. The molecule has 0 spiro atoms. The molecule has 0 aliphatic heterocycles. The van der Waals surface area contributed by atoms with Crippen LogP contribution in [0.1, 0.15) is 44.9 Å². The molecule has 0 heterocycles. The quantitative estimate of drug-likeness (QED) is 0.763. The van der Waals surface area contributed by atoms with Crippen molar-refractivity contribution in [1.29, 1.82) is 0 Å². The molecule has 1 saturated carbocycles. The number of rotatable bonds is 2. The summed E-state index contributed by atoms with van der Waals surface area (Å²) in [6.45, 7) is 0. The van der Waals surface area contributed by atoms with Crippen molar-refractivity contribution in [1.82, 2.24) is 0 Å². The van der Waals surface area contributed by atoms with Crippen LogP contribution in [-0.2, 0) is 0 Å². The van der Waals surface area contributed by atoms with E-state index < -0.39 is 0 Å². The van der Waals surface area contributed by atoms with E-state index in [2.05, 4.69) is 5.32 Å². The summed E-state index contributed by atoms with van der Waals surface area (Å²) in [6, 6.07) is 5.07. The average Bonchev–Trinajstić information content (AvgIpc) is 2.25. The lowest BCUT2D eigenvalue weighted by Gasteiger charge is -2.22. The van der Waals surface area contributed by atoms with E-state index >= 15 is 0 Å². The Labute approximate surface area is 102 Å². The number of halogens is 1. The highest BCUT2D eigenvalue weighted by atomic mass is 19.1. The van der Waals surface area contributed by atoms with Crippen LogP contribution >= 0.6 is 0 Å². The molecule has 3 heteroatoms. The average molecular weight is 236 g/mol. The molecule has 1 aliphatic carbocycles. The lowest BCUT2D eigenvalue weighted by Crippen LogP contribution is -2.21. The van der Waals surface area contributed by atoms with Gasteiger partial charge < -0.3 is 11.1 Å². The molecular formula is C14H21FN2. The zero-order chi connectivity index (χ0) is 12.1. The van der Waals surface area contributed by atoms with Gasteiger partial charge in [0.2, 0.25) is 0 Å². The van der Waals surface area contributed by atoms with Gasteiger partial charge in [-0.15, -0.1) is 0 Å². The standard InChI is InChI=1S/C14H21FN2/c15-11-8-9-14(13(16)10-11)17-12-6-4-2-1-3-5-7-12/h8-10,12,17H,1-7,16H2. The summed E-state index contributed by atoms with van der Waals surface area (Å²) in [4.78, 5) is 0. The maximum Gasteiger partial charge on any atom is 0.125 e. The molecule has 0 atom stereocenters. The van der Waals surface area contributed by atoms with E-state index in [0.29, 0.717) is 11.7 Å². The largest absolute Gasteiger partial charge is 0.397 e. The van der Waals surface area contributed by atoms with E-state index in [1.807, 2.05) is 0 Å². The van der Waals surface area contributed by atoms with E-state index in [1.54, 1.807) is 6.07 Å². The van der Waals surface area contributed by atoms with Crippen molar-refractivity contribution < 1.29 is 4.39 Å². The van der Waals surface area contributed by atoms with Gasteiger partial charge in [0.05, 0.1) is 11.4 Å². The molecule has 17 heavy (non-hydrogen) atoms. The first kappa shape index (κ1) is 12.2. The molecule has 0 amide bonds. The topological polar surface area (TPSA) is 38.0 Å². The number of nitrogen functional groups attached to an aromatic ring is 1. The summed E-state index contributed by atoms with van der Waals surface area (Å²) in [5.74, 6) is -0.272. The monoisotopic (exact) mass is 236 g/mol. The summed E-state index contributed by atoms with van der Waals surface area (Å²) >= 11 is 0. The van der Waals surface area contributed by atoms with Crippen molar-refractivity contribution in [3.05, 3.63) is 24.0 Å². The second-order valence-electron chi connectivity index (χ2n) is 4.92. The highest BCUT2D eigenvalue weighted by Gasteiger charge is 2.12. The minimum atomic E-state index is -0.272. The molecule has 1 aliphatic rings. The van der Waals surface area contributed by atoms with Crippen molar-refractivity contribution in [2.75, 3.05) is 11.1 Å². The van der Waals surface area contributed by atoms with Gasteiger partial charge in [-0.1, -0.05) is 32.1 Å². The third-order valence-corrected chi connectivity index (χ3v) is 3.48. The van der Waals surface area contributed by atoms with Gasteiger partial charge in [-0.2, -0.15) is 0 Å². The van der Waals surface area contributed by atoms with E-state index in [1.165, 1.54) is 57.1 Å². The molecule has 0 radical (unpaired) electrons. The van der Waals surface area contributed by atoms with Gasteiger partial charge >= 0.3 is 0 Å². The molecule has 2 rings (SSSR count). The third-order valence-electron chi connectivity index (χ3n) is 3.48. The number of nitrogens with one attached hydrogen (secondary N) is 1. The Morgan fingerprint density at radius 1 is 1.06 bits per heavy atom. The van der Waals surface area contributed by atoms with Crippen LogP contribution in [0.25, 0.3) is 0 Å². The second kappa shape index (κ2) is 5.89. The van der Waals surface area contributed by atoms with Crippen molar-refractivity contribution in [2.24, 2.45) is 0 Å². The van der Waals surface area contributed by atoms with Crippen molar-refractivity contribution in [3.63, 3.8) is 0 Å². The first-order chi connectivity index (χ1) is 8.25.